The number of carboxylic acid groups (broad SMARTS) is 1. The molecule has 0 aliphatic carbocycles. The van der Waals surface area contributed by atoms with Gasteiger partial charge in [0.1, 0.15) is 0 Å². The molecule has 100 valence electrons. The maximum Gasteiger partial charge on any atom is 0.335 e. The molecule has 2 aromatic rings. The zero-order valence-electron chi connectivity index (χ0n) is 10.9. The van der Waals surface area contributed by atoms with E-state index in [1.54, 1.807) is 6.07 Å². The Balaban J connectivity index is 2.09. The maximum atomic E-state index is 10.9. The number of aromatic carboxylic acids is 1. The van der Waals surface area contributed by atoms with E-state index in [0.717, 1.165) is 11.3 Å². The minimum absolute atomic E-state index is 0.216. The van der Waals surface area contributed by atoms with Crippen LogP contribution in [0.15, 0.2) is 36.5 Å². The Hall–Kier alpha value is -2.87. The lowest BCUT2D eigenvalue weighted by Gasteiger charge is -2.08. The highest BCUT2D eigenvalue weighted by Gasteiger charge is 2.04. The van der Waals surface area contributed by atoms with E-state index in [0.29, 0.717) is 17.8 Å². The van der Waals surface area contributed by atoms with Gasteiger partial charge in [-0.3, -0.25) is 4.98 Å². The van der Waals surface area contributed by atoms with Gasteiger partial charge in [-0.2, -0.15) is 5.26 Å². The highest BCUT2D eigenvalue weighted by molar-refractivity contribution is 5.87. The van der Waals surface area contributed by atoms with Crippen LogP contribution < -0.4 is 5.32 Å². The molecule has 0 atom stereocenters. The minimum Gasteiger partial charge on any atom is -0.478 e. The van der Waals surface area contributed by atoms with Crippen molar-refractivity contribution in [2.24, 2.45) is 0 Å². The number of pyridine rings is 1. The van der Waals surface area contributed by atoms with Gasteiger partial charge in [0, 0.05) is 11.9 Å². The topological polar surface area (TPSA) is 86.0 Å². The van der Waals surface area contributed by atoms with E-state index >= 15 is 0 Å². The van der Waals surface area contributed by atoms with E-state index in [1.807, 2.05) is 19.1 Å². The summed E-state index contributed by atoms with van der Waals surface area (Å²) in [6.07, 6.45) is 1.48. The highest BCUT2D eigenvalue weighted by atomic mass is 16.4. The Labute approximate surface area is 116 Å². The van der Waals surface area contributed by atoms with Crippen LogP contribution in [0.3, 0.4) is 0 Å². The van der Waals surface area contributed by atoms with Crippen LogP contribution in [0.2, 0.25) is 0 Å². The number of carbonyl (C=O) groups is 1. The van der Waals surface area contributed by atoms with Gasteiger partial charge in [-0.1, -0.05) is 0 Å². The summed E-state index contributed by atoms with van der Waals surface area (Å²) in [7, 11) is 0. The van der Waals surface area contributed by atoms with Crippen molar-refractivity contribution >= 4 is 11.7 Å². The summed E-state index contributed by atoms with van der Waals surface area (Å²) in [5.74, 6) is -0.970. The Kier molecular flexibility index (Phi) is 3.96. The molecule has 0 radical (unpaired) electrons. The van der Waals surface area contributed by atoms with Gasteiger partial charge in [0.15, 0.2) is 0 Å². The molecule has 0 saturated heterocycles. The number of aryl methyl sites for hydroxylation is 1. The summed E-state index contributed by atoms with van der Waals surface area (Å²) >= 11 is 0. The van der Waals surface area contributed by atoms with Gasteiger partial charge in [-0.15, -0.1) is 0 Å². The van der Waals surface area contributed by atoms with Gasteiger partial charge >= 0.3 is 5.97 Å². The molecular weight excluding hydrogens is 254 g/mol. The number of hydrogen-bond acceptors (Lipinski definition) is 4. The average Bonchev–Trinajstić information content (AvgIpc) is 2.45. The number of aromatic nitrogens is 1. The van der Waals surface area contributed by atoms with Crippen molar-refractivity contribution < 1.29 is 9.90 Å². The largest absolute Gasteiger partial charge is 0.478 e. The number of benzene rings is 1. The number of nitrogens with one attached hydrogen (secondary N) is 1. The fraction of sp³-hybridized carbons (Fsp3) is 0.133. The summed E-state index contributed by atoms with van der Waals surface area (Å²) in [6.45, 7) is 2.29. The summed E-state index contributed by atoms with van der Waals surface area (Å²) in [4.78, 5) is 15.0. The number of anilines is 1. The van der Waals surface area contributed by atoms with Crippen LogP contribution in [0.25, 0.3) is 0 Å². The molecule has 2 rings (SSSR count). The molecule has 1 aromatic carbocycles. The molecule has 0 fully saturated rings. The molecule has 0 aliphatic heterocycles. The van der Waals surface area contributed by atoms with Gasteiger partial charge in [0.05, 0.1) is 29.4 Å². The summed E-state index contributed by atoms with van der Waals surface area (Å²) in [5, 5.41) is 20.9. The Morgan fingerprint density at radius 1 is 1.40 bits per heavy atom. The Morgan fingerprint density at radius 3 is 2.85 bits per heavy atom. The van der Waals surface area contributed by atoms with E-state index in [2.05, 4.69) is 16.4 Å². The lowest BCUT2D eigenvalue weighted by Crippen LogP contribution is -2.04. The van der Waals surface area contributed by atoms with Crippen molar-refractivity contribution in [3.63, 3.8) is 0 Å². The average molecular weight is 267 g/mol. The van der Waals surface area contributed by atoms with Gasteiger partial charge in [-0.25, -0.2) is 4.79 Å². The smallest absolute Gasteiger partial charge is 0.335 e. The monoisotopic (exact) mass is 267 g/mol. The first kappa shape index (κ1) is 13.6. The standard InChI is InChI=1S/C15H13N3O2/c1-10-6-13(3-2-12(10)8-16)18-9-14-7-11(15(19)20)4-5-17-14/h2-7,18H,9H2,1H3,(H,19,20). The fourth-order valence-electron chi connectivity index (χ4n) is 1.80. The fourth-order valence-corrected chi connectivity index (χ4v) is 1.80. The minimum atomic E-state index is -0.970. The van der Waals surface area contributed by atoms with Crippen LogP contribution in [0.1, 0.15) is 27.2 Å². The van der Waals surface area contributed by atoms with Crippen LogP contribution in [0.4, 0.5) is 5.69 Å². The number of nitrogens with zero attached hydrogens (tertiary/aromatic N) is 2. The number of hydrogen-bond donors (Lipinski definition) is 2. The van der Waals surface area contributed by atoms with Crippen molar-refractivity contribution in [1.29, 1.82) is 5.26 Å². The Morgan fingerprint density at radius 2 is 2.20 bits per heavy atom. The third-order valence-electron chi connectivity index (χ3n) is 2.88. The SMILES string of the molecule is Cc1cc(NCc2cc(C(=O)O)ccn2)ccc1C#N. The lowest BCUT2D eigenvalue weighted by atomic mass is 10.1. The number of rotatable bonds is 4. The van der Waals surface area contributed by atoms with Crippen LogP contribution in [0, 0.1) is 18.3 Å². The molecule has 0 unspecified atom stereocenters. The summed E-state index contributed by atoms with van der Waals surface area (Å²) in [6, 6.07) is 10.5. The molecule has 0 spiro atoms. The molecule has 2 N–H and O–H groups in total. The molecule has 0 aliphatic rings. The summed E-state index contributed by atoms with van der Waals surface area (Å²) in [5.41, 5.74) is 3.26. The van der Waals surface area contributed by atoms with Crippen molar-refractivity contribution in [1.82, 2.24) is 4.98 Å². The van der Waals surface area contributed by atoms with Crippen molar-refractivity contribution in [3.8, 4) is 6.07 Å². The third-order valence-corrected chi connectivity index (χ3v) is 2.88. The lowest BCUT2D eigenvalue weighted by molar-refractivity contribution is 0.0696. The van der Waals surface area contributed by atoms with Gasteiger partial charge in [0.25, 0.3) is 0 Å². The quantitative estimate of drug-likeness (QED) is 0.889. The van der Waals surface area contributed by atoms with E-state index in [1.165, 1.54) is 18.3 Å². The van der Waals surface area contributed by atoms with Crippen LogP contribution in [0.5, 0.6) is 0 Å². The zero-order chi connectivity index (χ0) is 14.5. The maximum absolute atomic E-state index is 10.9. The molecule has 5 nitrogen and oxygen atoms in total. The molecule has 1 aromatic heterocycles. The molecular formula is C15H13N3O2. The Bertz CT molecular complexity index is 690. The third kappa shape index (κ3) is 3.12. The first-order chi connectivity index (χ1) is 9.60. The second-order valence-electron chi connectivity index (χ2n) is 4.34. The molecule has 0 amide bonds. The van der Waals surface area contributed by atoms with Crippen molar-refractivity contribution in [2.45, 2.75) is 13.5 Å². The predicted molar refractivity (Wildman–Crippen MR) is 74.4 cm³/mol. The zero-order valence-corrected chi connectivity index (χ0v) is 10.9. The van der Waals surface area contributed by atoms with E-state index in [4.69, 9.17) is 10.4 Å². The van der Waals surface area contributed by atoms with E-state index in [9.17, 15) is 4.79 Å². The van der Waals surface area contributed by atoms with Crippen molar-refractivity contribution in [3.05, 3.63) is 58.9 Å². The molecule has 0 bridgehead atoms. The normalized spacial score (nSPS) is 9.80. The summed E-state index contributed by atoms with van der Waals surface area (Å²) < 4.78 is 0. The highest BCUT2D eigenvalue weighted by Crippen LogP contribution is 2.15. The van der Waals surface area contributed by atoms with Crippen molar-refractivity contribution in [2.75, 3.05) is 5.32 Å². The number of carboxylic acids is 1. The molecule has 20 heavy (non-hydrogen) atoms. The van der Waals surface area contributed by atoms with Gasteiger partial charge in [-0.05, 0) is 42.8 Å². The van der Waals surface area contributed by atoms with Crippen LogP contribution in [-0.4, -0.2) is 16.1 Å². The second-order valence-corrected chi connectivity index (χ2v) is 4.34. The first-order valence-electron chi connectivity index (χ1n) is 6.03. The first-order valence-corrected chi connectivity index (χ1v) is 6.03. The molecule has 0 saturated carbocycles. The van der Waals surface area contributed by atoms with Crippen LogP contribution >= 0.6 is 0 Å². The second kappa shape index (κ2) is 5.85. The molecule has 5 heteroatoms. The van der Waals surface area contributed by atoms with E-state index in [-0.39, 0.29) is 5.56 Å². The van der Waals surface area contributed by atoms with Crippen LogP contribution in [-0.2, 0) is 6.54 Å². The number of nitriles is 1. The predicted octanol–water partition coefficient (Wildman–Crippen LogP) is 2.57. The van der Waals surface area contributed by atoms with Gasteiger partial charge in [0.2, 0.25) is 0 Å². The van der Waals surface area contributed by atoms with Gasteiger partial charge < -0.3 is 10.4 Å². The van der Waals surface area contributed by atoms with E-state index < -0.39 is 5.97 Å². The molecule has 1 heterocycles.